The first-order valence-corrected chi connectivity index (χ1v) is 7.03. The first-order chi connectivity index (χ1) is 7.99. The third kappa shape index (κ3) is 2.95. The summed E-state index contributed by atoms with van der Waals surface area (Å²) in [5, 5.41) is 2.86. The fourth-order valence-electron chi connectivity index (χ4n) is 1.69. The molecule has 1 aliphatic heterocycles. The minimum Gasteiger partial charge on any atom is -0.315 e. The summed E-state index contributed by atoms with van der Waals surface area (Å²) >= 11 is 5.56. The van der Waals surface area contributed by atoms with Crippen molar-refractivity contribution >= 4 is 21.6 Å². The van der Waals surface area contributed by atoms with Crippen LogP contribution in [0.1, 0.15) is 6.42 Å². The first-order valence-electron chi connectivity index (χ1n) is 5.17. The Kier molecular flexibility index (Phi) is 3.67. The fourth-order valence-corrected chi connectivity index (χ4v) is 3.23. The summed E-state index contributed by atoms with van der Waals surface area (Å²) in [6.07, 6.45) is 0.744. The van der Waals surface area contributed by atoms with Crippen LogP contribution in [0.2, 0.25) is 5.02 Å². The Morgan fingerprint density at radius 3 is 2.82 bits per heavy atom. The molecule has 0 aliphatic carbocycles. The quantitative estimate of drug-likeness (QED) is 0.871. The molecule has 0 aromatic heterocycles. The summed E-state index contributed by atoms with van der Waals surface area (Å²) in [5.41, 5.74) is 0. The molecule has 1 aromatic rings. The van der Waals surface area contributed by atoms with E-state index in [9.17, 15) is 12.8 Å². The molecule has 1 fully saturated rings. The number of hydrogen-bond acceptors (Lipinski definition) is 3. The number of benzene rings is 1. The van der Waals surface area contributed by atoms with E-state index in [-0.39, 0.29) is 16.0 Å². The van der Waals surface area contributed by atoms with Crippen LogP contribution in [0.4, 0.5) is 4.39 Å². The standard InChI is InChI=1S/C10H12ClFN2O2S/c11-9-5-8(1-2-10(9)12)17(15,16)14-7-3-4-13-6-7/h1-2,5,7,13-14H,3-4,6H2/t7-/m1/s1. The Balaban J connectivity index is 2.21. The zero-order valence-electron chi connectivity index (χ0n) is 8.91. The summed E-state index contributed by atoms with van der Waals surface area (Å²) in [6, 6.07) is 3.24. The maximum atomic E-state index is 12.9. The van der Waals surface area contributed by atoms with Gasteiger partial charge >= 0.3 is 0 Å². The second kappa shape index (κ2) is 4.89. The lowest BCUT2D eigenvalue weighted by Gasteiger charge is -2.12. The topological polar surface area (TPSA) is 58.2 Å². The van der Waals surface area contributed by atoms with Crippen LogP contribution in [0, 0.1) is 5.82 Å². The third-order valence-electron chi connectivity index (χ3n) is 2.58. The number of hydrogen-bond donors (Lipinski definition) is 2. The van der Waals surface area contributed by atoms with E-state index in [1.165, 1.54) is 6.07 Å². The minimum atomic E-state index is -3.62. The van der Waals surface area contributed by atoms with E-state index in [0.717, 1.165) is 25.1 Å². The molecule has 0 bridgehead atoms. The zero-order chi connectivity index (χ0) is 12.5. The predicted molar refractivity (Wildman–Crippen MR) is 63.0 cm³/mol. The molecule has 1 atom stereocenters. The largest absolute Gasteiger partial charge is 0.315 e. The lowest BCUT2D eigenvalue weighted by Crippen LogP contribution is -2.36. The first kappa shape index (κ1) is 12.8. The average Bonchev–Trinajstić information content (AvgIpc) is 2.73. The van der Waals surface area contributed by atoms with Gasteiger partial charge in [-0.3, -0.25) is 0 Å². The fraction of sp³-hybridized carbons (Fsp3) is 0.400. The van der Waals surface area contributed by atoms with E-state index in [4.69, 9.17) is 11.6 Å². The van der Waals surface area contributed by atoms with Gasteiger partial charge in [0.05, 0.1) is 9.92 Å². The lowest BCUT2D eigenvalue weighted by atomic mass is 10.3. The molecule has 1 aromatic carbocycles. The van der Waals surface area contributed by atoms with Crippen molar-refractivity contribution in [2.45, 2.75) is 17.4 Å². The van der Waals surface area contributed by atoms with Gasteiger partial charge < -0.3 is 5.32 Å². The van der Waals surface area contributed by atoms with Crippen LogP contribution in [0.5, 0.6) is 0 Å². The molecule has 4 nitrogen and oxygen atoms in total. The third-order valence-corrected chi connectivity index (χ3v) is 4.39. The minimum absolute atomic E-state index is 0.0178. The second-order valence-corrected chi connectivity index (χ2v) is 6.01. The van der Waals surface area contributed by atoms with E-state index < -0.39 is 15.8 Å². The molecular formula is C10H12ClFN2O2S. The number of sulfonamides is 1. The van der Waals surface area contributed by atoms with E-state index in [2.05, 4.69) is 10.0 Å². The molecule has 0 spiro atoms. The summed E-state index contributed by atoms with van der Waals surface area (Å²) in [5.74, 6) is -0.631. The van der Waals surface area contributed by atoms with Crippen LogP contribution >= 0.6 is 11.6 Å². The highest BCUT2D eigenvalue weighted by molar-refractivity contribution is 7.89. The highest BCUT2D eigenvalue weighted by Crippen LogP contribution is 2.19. The molecular weight excluding hydrogens is 267 g/mol. The molecule has 17 heavy (non-hydrogen) atoms. The van der Waals surface area contributed by atoms with Crippen molar-refractivity contribution in [1.82, 2.24) is 10.0 Å². The molecule has 7 heteroatoms. The van der Waals surface area contributed by atoms with Gasteiger partial charge in [0.15, 0.2) is 0 Å². The van der Waals surface area contributed by atoms with Crippen molar-refractivity contribution in [2.24, 2.45) is 0 Å². The van der Waals surface area contributed by atoms with Gasteiger partial charge in [-0.2, -0.15) is 0 Å². The highest BCUT2D eigenvalue weighted by atomic mass is 35.5. The van der Waals surface area contributed by atoms with Crippen molar-refractivity contribution in [3.05, 3.63) is 29.0 Å². The lowest BCUT2D eigenvalue weighted by molar-refractivity contribution is 0.559. The Hall–Kier alpha value is -0.690. The molecule has 1 saturated heterocycles. The Bertz CT molecular complexity index is 515. The zero-order valence-corrected chi connectivity index (χ0v) is 10.5. The predicted octanol–water partition coefficient (Wildman–Crippen LogP) is 1.12. The maximum Gasteiger partial charge on any atom is 0.240 e. The van der Waals surface area contributed by atoms with E-state index >= 15 is 0 Å². The molecule has 0 radical (unpaired) electrons. The van der Waals surface area contributed by atoms with E-state index in [0.29, 0.717) is 6.54 Å². The van der Waals surface area contributed by atoms with Crippen molar-refractivity contribution in [3.8, 4) is 0 Å². The van der Waals surface area contributed by atoms with Gasteiger partial charge in [-0.15, -0.1) is 0 Å². The molecule has 2 N–H and O–H groups in total. The van der Waals surface area contributed by atoms with Crippen LogP contribution in [-0.4, -0.2) is 27.5 Å². The van der Waals surface area contributed by atoms with E-state index in [1.54, 1.807) is 0 Å². The Labute approximate surface area is 104 Å². The Morgan fingerprint density at radius 2 is 2.24 bits per heavy atom. The Morgan fingerprint density at radius 1 is 1.47 bits per heavy atom. The normalized spacial score (nSPS) is 20.7. The van der Waals surface area contributed by atoms with Crippen LogP contribution in [0.3, 0.4) is 0 Å². The van der Waals surface area contributed by atoms with E-state index in [1.807, 2.05) is 0 Å². The van der Waals surface area contributed by atoms with Gasteiger partial charge in [0.1, 0.15) is 5.82 Å². The molecule has 2 rings (SSSR count). The molecule has 0 amide bonds. The molecule has 0 saturated carbocycles. The monoisotopic (exact) mass is 278 g/mol. The average molecular weight is 279 g/mol. The molecule has 1 aliphatic rings. The summed E-state index contributed by atoms with van der Waals surface area (Å²) in [7, 11) is -3.62. The van der Waals surface area contributed by atoms with Crippen LogP contribution < -0.4 is 10.0 Å². The van der Waals surface area contributed by atoms with Crippen molar-refractivity contribution in [2.75, 3.05) is 13.1 Å². The number of nitrogens with one attached hydrogen (secondary N) is 2. The molecule has 0 unspecified atom stereocenters. The van der Waals surface area contributed by atoms with Gasteiger partial charge in [0, 0.05) is 12.6 Å². The second-order valence-electron chi connectivity index (χ2n) is 3.89. The van der Waals surface area contributed by atoms with Gasteiger partial charge in [-0.25, -0.2) is 17.5 Å². The number of halogens is 2. The maximum absolute atomic E-state index is 12.9. The SMILES string of the molecule is O=S(=O)(N[C@@H]1CCNC1)c1ccc(F)c(Cl)c1. The van der Waals surface area contributed by atoms with Gasteiger partial charge in [-0.05, 0) is 31.2 Å². The number of rotatable bonds is 3. The van der Waals surface area contributed by atoms with Crippen molar-refractivity contribution < 1.29 is 12.8 Å². The van der Waals surface area contributed by atoms with Gasteiger partial charge in [-0.1, -0.05) is 11.6 Å². The van der Waals surface area contributed by atoms with Crippen molar-refractivity contribution in [1.29, 1.82) is 0 Å². The molecule has 1 heterocycles. The smallest absolute Gasteiger partial charge is 0.240 e. The summed E-state index contributed by atoms with van der Waals surface area (Å²) in [4.78, 5) is -0.0178. The summed E-state index contributed by atoms with van der Waals surface area (Å²) in [6.45, 7) is 1.39. The summed E-state index contributed by atoms with van der Waals surface area (Å²) < 4.78 is 39.3. The van der Waals surface area contributed by atoms with Crippen molar-refractivity contribution in [3.63, 3.8) is 0 Å². The van der Waals surface area contributed by atoms with Crippen LogP contribution in [0.25, 0.3) is 0 Å². The highest BCUT2D eigenvalue weighted by Gasteiger charge is 2.23. The van der Waals surface area contributed by atoms with Crippen LogP contribution in [0.15, 0.2) is 23.1 Å². The molecule has 94 valence electrons. The van der Waals surface area contributed by atoms with Gasteiger partial charge in [0.25, 0.3) is 0 Å². The van der Waals surface area contributed by atoms with Gasteiger partial charge in [0.2, 0.25) is 10.0 Å². The van der Waals surface area contributed by atoms with Crippen LogP contribution in [-0.2, 0) is 10.0 Å².